The maximum absolute atomic E-state index is 6.15. The van der Waals surface area contributed by atoms with Crippen LogP contribution in [0.25, 0.3) is 17.1 Å². The van der Waals surface area contributed by atoms with E-state index in [1.54, 1.807) is 0 Å². The van der Waals surface area contributed by atoms with Crippen LogP contribution in [0.1, 0.15) is 69.2 Å². The number of aromatic nitrogens is 4. The summed E-state index contributed by atoms with van der Waals surface area (Å²) in [6, 6.07) is 8.49. The van der Waals surface area contributed by atoms with Crippen molar-refractivity contribution in [2.24, 2.45) is 11.7 Å². The summed E-state index contributed by atoms with van der Waals surface area (Å²) in [6.45, 7) is 9.18. The van der Waals surface area contributed by atoms with E-state index in [4.69, 9.17) is 16.5 Å². The molecule has 4 N–H and O–H groups in total. The maximum Gasteiger partial charge on any atom is 0.174 e. The highest BCUT2D eigenvalue weighted by Crippen LogP contribution is 2.26. The second kappa shape index (κ2) is 9.18. The number of unbranched alkanes of at least 4 members (excludes halogenated alkanes) is 1. The largest absolute Gasteiger partial charge is 0.380 e. The Morgan fingerprint density at radius 3 is 2.45 bits per heavy atom. The van der Waals surface area contributed by atoms with Gasteiger partial charge in [0.05, 0.1) is 0 Å². The lowest BCUT2D eigenvalue weighted by Gasteiger charge is -2.12. The minimum Gasteiger partial charge on any atom is -0.380 e. The molecule has 1 unspecified atom stereocenters. The summed E-state index contributed by atoms with van der Waals surface area (Å²) >= 11 is 0. The number of allylic oxidation sites excluding steroid dienone is 1. The molecule has 0 aliphatic rings. The van der Waals surface area contributed by atoms with Crippen LogP contribution in [0.5, 0.6) is 0 Å². The van der Waals surface area contributed by atoms with Crippen LogP contribution < -0.4 is 11.5 Å². The Balaban J connectivity index is 2.11. The highest BCUT2D eigenvalue weighted by molar-refractivity contribution is 5.90. The SMILES string of the molecule is CCCCc1nc2c(N)nnc(C=CC(C)C)c2n1Cc1ccc(C(C)N)cc1. The van der Waals surface area contributed by atoms with Crippen molar-refractivity contribution in [3.8, 4) is 0 Å². The molecule has 1 aromatic carbocycles. The van der Waals surface area contributed by atoms with Gasteiger partial charge in [-0.3, -0.25) is 0 Å². The van der Waals surface area contributed by atoms with E-state index in [2.05, 4.69) is 65.9 Å². The van der Waals surface area contributed by atoms with E-state index in [1.165, 1.54) is 5.56 Å². The summed E-state index contributed by atoms with van der Waals surface area (Å²) in [5.74, 6) is 1.83. The van der Waals surface area contributed by atoms with Crippen LogP contribution in [-0.4, -0.2) is 19.7 Å². The lowest BCUT2D eigenvalue weighted by Crippen LogP contribution is -2.08. The molecule has 3 aromatic rings. The van der Waals surface area contributed by atoms with Crippen molar-refractivity contribution in [2.45, 2.75) is 59.5 Å². The number of hydrogen-bond donors (Lipinski definition) is 2. The zero-order valence-electron chi connectivity index (χ0n) is 17.9. The zero-order valence-corrected chi connectivity index (χ0v) is 17.9. The molecule has 0 saturated carbocycles. The molecule has 0 aliphatic carbocycles. The molecule has 3 rings (SSSR count). The molecule has 154 valence electrons. The summed E-state index contributed by atoms with van der Waals surface area (Å²) in [7, 11) is 0. The fourth-order valence-corrected chi connectivity index (χ4v) is 3.34. The molecule has 29 heavy (non-hydrogen) atoms. The molecule has 6 nitrogen and oxygen atoms in total. The van der Waals surface area contributed by atoms with Crippen molar-refractivity contribution in [3.63, 3.8) is 0 Å². The van der Waals surface area contributed by atoms with E-state index in [0.29, 0.717) is 18.3 Å². The standard InChI is InChI=1S/C23H32N6/c1-5-6-7-20-26-21-22(19(13-8-15(2)3)27-28-23(21)25)29(20)14-17-9-11-18(12-10-17)16(4)24/h8-13,15-16H,5-7,14,24H2,1-4H3,(H2,25,28). The zero-order chi connectivity index (χ0) is 21.0. The van der Waals surface area contributed by atoms with Gasteiger partial charge in [0.2, 0.25) is 0 Å². The number of benzene rings is 1. The molecule has 2 heterocycles. The summed E-state index contributed by atoms with van der Waals surface area (Å²) < 4.78 is 2.25. The molecule has 6 heteroatoms. The minimum absolute atomic E-state index is 0.0288. The van der Waals surface area contributed by atoms with Crippen LogP contribution in [0, 0.1) is 5.92 Å². The van der Waals surface area contributed by atoms with Gasteiger partial charge in [-0.1, -0.05) is 57.5 Å². The van der Waals surface area contributed by atoms with Gasteiger partial charge in [-0.15, -0.1) is 10.2 Å². The molecule has 0 fully saturated rings. The van der Waals surface area contributed by atoms with Crippen molar-refractivity contribution >= 4 is 22.9 Å². The van der Waals surface area contributed by atoms with Crippen LogP contribution in [0.3, 0.4) is 0 Å². The quantitative estimate of drug-likeness (QED) is 0.589. The van der Waals surface area contributed by atoms with Crippen LogP contribution in [0.4, 0.5) is 5.82 Å². The highest BCUT2D eigenvalue weighted by atomic mass is 15.2. The second-order valence-corrected chi connectivity index (χ2v) is 8.02. The number of nitrogen functional groups attached to an aromatic ring is 1. The Labute approximate surface area is 173 Å². The molecule has 0 saturated heterocycles. The molecule has 2 aromatic heterocycles. The van der Waals surface area contributed by atoms with Crippen LogP contribution in [0.2, 0.25) is 0 Å². The number of imidazole rings is 1. The van der Waals surface area contributed by atoms with Crippen molar-refractivity contribution in [1.82, 2.24) is 19.7 Å². The molecule has 0 amide bonds. The monoisotopic (exact) mass is 392 g/mol. The van der Waals surface area contributed by atoms with Gasteiger partial charge in [0.15, 0.2) is 5.82 Å². The highest BCUT2D eigenvalue weighted by Gasteiger charge is 2.18. The normalized spacial score (nSPS) is 13.0. The Morgan fingerprint density at radius 2 is 1.83 bits per heavy atom. The smallest absolute Gasteiger partial charge is 0.174 e. The maximum atomic E-state index is 6.15. The van der Waals surface area contributed by atoms with Gasteiger partial charge in [0, 0.05) is 19.0 Å². The van der Waals surface area contributed by atoms with Crippen molar-refractivity contribution < 1.29 is 0 Å². The van der Waals surface area contributed by atoms with Gasteiger partial charge in [0.1, 0.15) is 22.6 Å². The van der Waals surface area contributed by atoms with E-state index < -0.39 is 0 Å². The van der Waals surface area contributed by atoms with Crippen LogP contribution in [0.15, 0.2) is 30.3 Å². The van der Waals surface area contributed by atoms with E-state index >= 15 is 0 Å². The first-order chi connectivity index (χ1) is 13.9. The number of anilines is 1. The van der Waals surface area contributed by atoms with Gasteiger partial charge in [0.25, 0.3) is 0 Å². The van der Waals surface area contributed by atoms with Gasteiger partial charge in [-0.2, -0.15) is 0 Å². The fourth-order valence-electron chi connectivity index (χ4n) is 3.34. The Bertz CT molecular complexity index is 983. The molecule has 0 aliphatic heterocycles. The third-order valence-corrected chi connectivity index (χ3v) is 5.04. The number of rotatable bonds is 8. The molecule has 0 radical (unpaired) electrons. The Hall–Kier alpha value is -2.73. The lowest BCUT2D eigenvalue weighted by atomic mass is 10.1. The number of hydrogen-bond acceptors (Lipinski definition) is 5. The van der Waals surface area contributed by atoms with Crippen LogP contribution in [-0.2, 0) is 13.0 Å². The first kappa shape index (κ1) is 21.0. The average molecular weight is 393 g/mol. The first-order valence-electron chi connectivity index (χ1n) is 10.4. The number of nitrogens with two attached hydrogens (primary N) is 2. The third-order valence-electron chi connectivity index (χ3n) is 5.04. The van der Waals surface area contributed by atoms with Gasteiger partial charge >= 0.3 is 0 Å². The number of nitrogens with zero attached hydrogens (tertiary/aromatic N) is 4. The van der Waals surface area contributed by atoms with E-state index in [0.717, 1.165) is 47.4 Å². The van der Waals surface area contributed by atoms with E-state index in [-0.39, 0.29) is 6.04 Å². The van der Waals surface area contributed by atoms with Crippen molar-refractivity contribution in [2.75, 3.05) is 5.73 Å². The minimum atomic E-state index is 0.0288. The topological polar surface area (TPSA) is 95.6 Å². The van der Waals surface area contributed by atoms with Crippen molar-refractivity contribution in [3.05, 3.63) is 53.0 Å². The molecule has 0 bridgehead atoms. The van der Waals surface area contributed by atoms with Crippen molar-refractivity contribution in [1.29, 1.82) is 0 Å². The van der Waals surface area contributed by atoms with Gasteiger partial charge in [-0.05, 0) is 36.5 Å². The molecular formula is C23H32N6. The average Bonchev–Trinajstić information content (AvgIpc) is 3.05. The summed E-state index contributed by atoms with van der Waals surface area (Å²) in [5, 5.41) is 8.52. The predicted molar refractivity (Wildman–Crippen MR) is 120 cm³/mol. The molecule has 1 atom stereocenters. The predicted octanol–water partition coefficient (Wildman–Crippen LogP) is 4.49. The van der Waals surface area contributed by atoms with E-state index in [9.17, 15) is 0 Å². The Morgan fingerprint density at radius 1 is 1.10 bits per heavy atom. The summed E-state index contributed by atoms with van der Waals surface area (Å²) in [6.07, 6.45) is 7.24. The molecule has 0 spiro atoms. The number of aryl methyl sites for hydroxylation is 1. The first-order valence-corrected chi connectivity index (χ1v) is 10.4. The van der Waals surface area contributed by atoms with Gasteiger partial charge in [-0.25, -0.2) is 4.98 Å². The number of fused-ring (bicyclic) bond motifs is 1. The van der Waals surface area contributed by atoms with Crippen LogP contribution >= 0.6 is 0 Å². The molecular weight excluding hydrogens is 360 g/mol. The fraction of sp³-hybridized carbons (Fsp3) is 0.435. The van der Waals surface area contributed by atoms with E-state index in [1.807, 2.05) is 13.0 Å². The summed E-state index contributed by atoms with van der Waals surface area (Å²) in [5.41, 5.74) is 17.0. The third kappa shape index (κ3) is 4.82. The summed E-state index contributed by atoms with van der Waals surface area (Å²) in [4.78, 5) is 4.86. The lowest BCUT2D eigenvalue weighted by molar-refractivity contribution is 0.688. The van der Waals surface area contributed by atoms with Gasteiger partial charge < -0.3 is 16.0 Å². The second-order valence-electron chi connectivity index (χ2n) is 8.02. The Kier molecular flexibility index (Phi) is 6.64.